The second kappa shape index (κ2) is 6.77. The van der Waals surface area contributed by atoms with Crippen molar-refractivity contribution in [1.82, 2.24) is 14.9 Å². The van der Waals surface area contributed by atoms with E-state index in [1.165, 1.54) is 5.56 Å². The van der Waals surface area contributed by atoms with Gasteiger partial charge >= 0.3 is 0 Å². The van der Waals surface area contributed by atoms with E-state index in [2.05, 4.69) is 41.3 Å². The smallest absolute Gasteiger partial charge is 0.256 e. The molecule has 0 aliphatic carbocycles. The fourth-order valence-corrected chi connectivity index (χ4v) is 2.69. The molecule has 0 bridgehead atoms. The quantitative estimate of drug-likeness (QED) is 0.937. The van der Waals surface area contributed by atoms with Gasteiger partial charge in [-0.3, -0.25) is 4.79 Å². The first-order valence-electron chi connectivity index (χ1n) is 8.12. The maximum absolute atomic E-state index is 12.2. The molecule has 0 unspecified atom stereocenters. The van der Waals surface area contributed by atoms with E-state index in [9.17, 15) is 4.79 Å². The SMILES string of the molecule is CC(C)c1ccc(Nc2ncc(C(=O)N3CCCC3)cn2)cc1. The second-order valence-electron chi connectivity index (χ2n) is 6.20. The first kappa shape index (κ1) is 15.5. The predicted molar refractivity (Wildman–Crippen MR) is 91.0 cm³/mol. The first-order valence-corrected chi connectivity index (χ1v) is 8.12. The molecule has 1 fully saturated rings. The van der Waals surface area contributed by atoms with E-state index in [0.717, 1.165) is 31.6 Å². The number of benzene rings is 1. The van der Waals surface area contributed by atoms with Crippen LogP contribution in [0.4, 0.5) is 11.6 Å². The molecule has 1 amide bonds. The highest BCUT2D eigenvalue weighted by molar-refractivity contribution is 5.93. The summed E-state index contributed by atoms with van der Waals surface area (Å²) in [7, 11) is 0. The van der Waals surface area contributed by atoms with Crippen LogP contribution in [-0.2, 0) is 0 Å². The Morgan fingerprint density at radius 3 is 2.26 bits per heavy atom. The van der Waals surface area contributed by atoms with Gasteiger partial charge in [-0.2, -0.15) is 0 Å². The monoisotopic (exact) mass is 310 g/mol. The van der Waals surface area contributed by atoms with Crippen LogP contribution in [0.1, 0.15) is 48.5 Å². The highest BCUT2D eigenvalue weighted by Crippen LogP contribution is 2.19. The van der Waals surface area contributed by atoms with Crippen LogP contribution in [0, 0.1) is 0 Å². The molecule has 1 aromatic carbocycles. The number of amides is 1. The van der Waals surface area contributed by atoms with Crippen LogP contribution in [0.2, 0.25) is 0 Å². The average Bonchev–Trinajstić information content (AvgIpc) is 3.10. The molecule has 5 nitrogen and oxygen atoms in total. The minimum atomic E-state index is 0.0235. The highest BCUT2D eigenvalue weighted by atomic mass is 16.2. The third-order valence-electron chi connectivity index (χ3n) is 4.13. The van der Waals surface area contributed by atoms with E-state index in [4.69, 9.17) is 0 Å². The van der Waals surface area contributed by atoms with Crippen LogP contribution in [0.3, 0.4) is 0 Å². The van der Waals surface area contributed by atoms with Crippen molar-refractivity contribution in [3.63, 3.8) is 0 Å². The minimum Gasteiger partial charge on any atom is -0.339 e. The van der Waals surface area contributed by atoms with E-state index < -0.39 is 0 Å². The zero-order chi connectivity index (χ0) is 16.2. The summed E-state index contributed by atoms with van der Waals surface area (Å²) in [5.74, 6) is 1.03. The van der Waals surface area contributed by atoms with Gasteiger partial charge in [-0.1, -0.05) is 26.0 Å². The Labute approximate surface area is 136 Å². The van der Waals surface area contributed by atoms with E-state index >= 15 is 0 Å². The number of nitrogens with one attached hydrogen (secondary N) is 1. The number of hydrogen-bond donors (Lipinski definition) is 1. The summed E-state index contributed by atoms with van der Waals surface area (Å²) >= 11 is 0. The molecular formula is C18H22N4O. The van der Waals surface area contributed by atoms with Crippen LogP contribution in [0.5, 0.6) is 0 Å². The second-order valence-corrected chi connectivity index (χ2v) is 6.20. The Morgan fingerprint density at radius 1 is 1.09 bits per heavy atom. The van der Waals surface area contributed by atoms with Gasteiger partial charge in [0.05, 0.1) is 5.56 Å². The van der Waals surface area contributed by atoms with Gasteiger partial charge < -0.3 is 10.2 Å². The van der Waals surface area contributed by atoms with E-state index in [1.807, 2.05) is 17.0 Å². The third-order valence-corrected chi connectivity index (χ3v) is 4.13. The maximum atomic E-state index is 12.2. The lowest BCUT2D eigenvalue weighted by Crippen LogP contribution is -2.27. The molecule has 3 rings (SSSR count). The molecule has 2 heterocycles. The van der Waals surface area contributed by atoms with Gasteiger partial charge in [-0.15, -0.1) is 0 Å². The summed E-state index contributed by atoms with van der Waals surface area (Å²) in [4.78, 5) is 22.6. The fourth-order valence-electron chi connectivity index (χ4n) is 2.69. The number of carbonyl (C=O) groups excluding carboxylic acids is 1. The minimum absolute atomic E-state index is 0.0235. The maximum Gasteiger partial charge on any atom is 0.256 e. The number of nitrogens with zero attached hydrogens (tertiary/aromatic N) is 3. The Balaban J connectivity index is 1.66. The van der Waals surface area contributed by atoms with Gasteiger partial charge in [0.15, 0.2) is 0 Å². The lowest BCUT2D eigenvalue weighted by molar-refractivity contribution is 0.0792. The molecule has 0 saturated carbocycles. The zero-order valence-corrected chi connectivity index (χ0v) is 13.6. The summed E-state index contributed by atoms with van der Waals surface area (Å²) in [6, 6.07) is 8.22. The van der Waals surface area contributed by atoms with Crippen molar-refractivity contribution < 1.29 is 4.79 Å². The number of carbonyl (C=O) groups is 1. The van der Waals surface area contributed by atoms with Crippen molar-refractivity contribution in [3.8, 4) is 0 Å². The topological polar surface area (TPSA) is 58.1 Å². The van der Waals surface area contributed by atoms with E-state index in [1.54, 1.807) is 12.4 Å². The van der Waals surface area contributed by atoms with Crippen molar-refractivity contribution in [2.75, 3.05) is 18.4 Å². The predicted octanol–water partition coefficient (Wildman–Crippen LogP) is 3.58. The van der Waals surface area contributed by atoms with Crippen LogP contribution in [0.25, 0.3) is 0 Å². The number of anilines is 2. The lowest BCUT2D eigenvalue weighted by atomic mass is 10.0. The number of likely N-dealkylation sites (tertiary alicyclic amines) is 1. The third kappa shape index (κ3) is 3.67. The van der Waals surface area contributed by atoms with Crippen molar-refractivity contribution in [2.24, 2.45) is 0 Å². The summed E-state index contributed by atoms with van der Waals surface area (Å²) < 4.78 is 0. The van der Waals surface area contributed by atoms with Crippen molar-refractivity contribution in [3.05, 3.63) is 47.8 Å². The Kier molecular flexibility index (Phi) is 4.55. The molecule has 1 N–H and O–H groups in total. The number of aromatic nitrogens is 2. The van der Waals surface area contributed by atoms with Crippen LogP contribution >= 0.6 is 0 Å². The van der Waals surface area contributed by atoms with Gasteiger partial charge in [0.1, 0.15) is 0 Å². The molecule has 23 heavy (non-hydrogen) atoms. The molecule has 2 aromatic rings. The van der Waals surface area contributed by atoms with Crippen LogP contribution in [-0.4, -0.2) is 33.9 Å². The van der Waals surface area contributed by atoms with E-state index in [-0.39, 0.29) is 5.91 Å². The molecule has 0 atom stereocenters. The highest BCUT2D eigenvalue weighted by Gasteiger charge is 2.19. The fraction of sp³-hybridized carbons (Fsp3) is 0.389. The molecule has 1 aliphatic rings. The Hall–Kier alpha value is -2.43. The zero-order valence-electron chi connectivity index (χ0n) is 13.6. The summed E-state index contributed by atoms with van der Waals surface area (Å²) in [6.45, 7) is 6.01. The molecule has 1 aromatic heterocycles. The lowest BCUT2D eigenvalue weighted by Gasteiger charge is -2.14. The molecule has 0 radical (unpaired) electrons. The first-order chi connectivity index (χ1) is 11.1. The van der Waals surface area contributed by atoms with Crippen molar-refractivity contribution in [2.45, 2.75) is 32.6 Å². The van der Waals surface area contributed by atoms with Crippen molar-refractivity contribution >= 4 is 17.5 Å². The van der Waals surface area contributed by atoms with Gasteiger partial charge in [-0.05, 0) is 36.5 Å². The van der Waals surface area contributed by atoms with Crippen molar-refractivity contribution in [1.29, 1.82) is 0 Å². The molecular weight excluding hydrogens is 288 g/mol. The average molecular weight is 310 g/mol. The normalized spacial score (nSPS) is 14.3. The standard InChI is InChI=1S/C18H22N4O/c1-13(2)14-5-7-16(8-6-14)21-18-19-11-15(12-20-18)17(23)22-9-3-4-10-22/h5-8,11-13H,3-4,9-10H2,1-2H3,(H,19,20,21). The molecule has 0 spiro atoms. The van der Waals surface area contributed by atoms with Gasteiger partial charge in [-0.25, -0.2) is 9.97 Å². The molecule has 120 valence electrons. The molecule has 1 aliphatic heterocycles. The Bertz CT molecular complexity index is 658. The van der Waals surface area contributed by atoms with Gasteiger partial charge in [0.25, 0.3) is 5.91 Å². The van der Waals surface area contributed by atoms with Crippen LogP contribution in [0.15, 0.2) is 36.7 Å². The molecule has 1 saturated heterocycles. The Morgan fingerprint density at radius 2 is 1.70 bits per heavy atom. The number of rotatable bonds is 4. The largest absolute Gasteiger partial charge is 0.339 e. The molecule has 5 heteroatoms. The van der Waals surface area contributed by atoms with Gasteiger partial charge in [0.2, 0.25) is 5.95 Å². The van der Waals surface area contributed by atoms with Gasteiger partial charge in [0, 0.05) is 31.2 Å². The van der Waals surface area contributed by atoms with Crippen LogP contribution < -0.4 is 5.32 Å². The summed E-state index contributed by atoms with van der Waals surface area (Å²) in [5.41, 5.74) is 2.78. The summed E-state index contributed by atoms with van der Waals surface area (Å²) in [6.07, 6.45) is 5.36. The van der Waals surface area contributed by atoms with E-state index in [0.29, 0.717) is 17.4 Å². The number of hydrogen-bond acceptors (Lipinski definition) is 4. The summed E-state index contributed by atoms with van der Waals surface area (Å²) in [5, 5.41) is 3.16.